The van der Waals surface area contributed by atoms with E-state index >= 15 is 0 Å². The third-order valence-corrected chi connectivity index (χ3v) is 1.07. The number of nitrogens with one attached hydrogen (secondary N) is 1. The number of nitrogens with two attached hydrogens (primary N) is 1. The van der Waals surface area contributed by atoms with Crippen molar-refractivity contribution in [2.75, 3.05) is 13.1 Å². The summed E-state index contributed by atoms with van der Waals surface area (Å²) in [6.45, 7) is 2.88. The minimum atomic E-state index is -0.899. The summed E-state index contributed by atoms with van der Waals surface area (Å²) in [7, 11) is 0. The lowest BCUT2D eigenvalue weighted by molar-refractivity contribution is -0.138. The molecular formula is C10H22N2O8. The Balaban J connectivity index is -0.000000102. The molecule has 0 unspecified atom stereocenters. The third-order valence-electron chi connectivity index (χ3n) is 1.07. The maximum Gasteiger partial charge on any atom is 0.305 e. The summed E-state index contributed by atoms with van der Waals surface area (Å²) in [6, 6.07) is 0. The number of carboxylic acid groups (broad SMARTS) is 3. The molecule has 0 bridgehead atoms. The molecule has 120 valence electrons. The molecule has 0 aromatic heterocycles. The Bertz CT molecular complexity index is 275. The normalized spacial score (nSPS) is 7.55. The van der Waals surface area contributed by atoms with Gasteiger partial charge in [-0.15, -0.1) is 0 Å². The minimum Gasteiger partial charge on any atom is -0.481 e. The number of hydrogen-bond acceptors (Lipinski definition) is 5. The molecular weight excluding hydrogens is 276 g/mol. The average molecular weight is 298 g/mol. The van der Waals surface area contributed by atoms with Gasteiger partial charge < -0.3 is 31.8 Å². The molecule has 0 fully saturated rings. The van der Waals surface area contributed by atoms with E-state index in [1.165, 1.54) is 6.92 Å². The van der Waals surface area contributed by atoms with Crippen LogP contribution in [0.25, 0.3) is 0 Å². The largest absolute Gasteiger partial charge is 0.481 e. The lowest BCUT2D eigenvalue weighted by Gasteiger charge is -1.95. The number of aliphatic carboxylic acids is 3. The lowest BCUT2D eigenvalue weighted by Crippen LogP contribution is -2.22. The van der Waals surface area contributed by atoms with Gasteiger partial charge in [0, 0.05) is 26.9 Å². The van der Waals surface area contributed by atoms with Gasteiger partial charge in [0.1, 0.15) is 0 Å². The summed E-state index contributed by atoms with van der Waals surface area (Å²) in [5, 5.41) is 25.7. The fraction of sp³-hybridized carbons (Fsp3) is 0.600. The van der Waals surface area contributed by atoms with Crippen LogP contribution >= 0.6 is 0 Å². The zero-order valence-corrected chi connectivity index (χ0v) is 11.4. The molecule has 0 radical (unpaired) electrons. The fourth-order valence-electron chi connectivity index (χ4n) is 0.469. The van der Waals surface area contributed by atoms with Crippen LogP contribution in [-0.2, 0) is 19.2 Å². The first kappa shape index (κ1) is 26.4. The first-order valence-corrected chi connectivity index (χ1v) is 5.21. The molecule has 10 heteroatoms. The van der Waals surface area contributed by atoms with Gasteiger partial charge in [0.2, 0.25) is 5.91 Å². The summed E-state index contributed by atoms with van der Waals surface area (Å²) < 4.78 is 0. The van der Waals surface area contributed by atoms with Gasteiger partial charge in [0.25, 0.3) is 5.97 Å². The topological polar surface area (TPSA) is 199 Å². The van der Waals surface area contributed by atoms with Crippen molar-refractivity contribution in [3.05, 3.63) is 0 Å². The Morgan fingerprint density at radius 2 is 1.30 bits per heavy atom. The lowest BCUT2D eigenvalue weighted by atomic mass is 10.4. The van der Waals surface area contributed by atoms with Crippen LogP contribution in [-0.4, -0.2) is 57.7 Å². The highest BCUT2D eigenvalue weighted by Gasteiger charge is 1.95. The van der Waals surface area contributed by atoms with E-state index in [-0.39, 0.29) is 37.3 Å². The van der Waals surface area contributed by atoms with Crippen molar-refractivity contribution in [3.63, 3.8) is 0 Å². The summed E-state index contributed by atoms with van der Waals surface area (Å²) in [5.41, 5.74) is 4.85. The Hall–Kier alpha value is -2.20. The summed E-state index contributed by atoms with van der Waals surface area (Å²) in [5.74, 6) is -2.77. The van der Waals surface area contributed by atoms with E-state index in [4.69, 9.17) is 25.8 Å². The fourth-order valence-corrected chi connectivity index (χ4v) is 0.469. The van der Waals surface area contributed by atoms with Gasteiger partial charge in [-0.1, -0.05) is 0 Å². The number of carbonyl (C=O) groups is 4. The van der Waals surface area contributed by atoms with Crippen molar-refractivity contribution in [2.45, 2.75) is 26.7 Å². The first-order valence-electron chi connectivity index (χ1n) is 5.21. The van der Waals surface area contributed by atoms with Crippen LogP contribution in [0, 0.1) is 0 Å². The van der Waals surface area contributed by atoms with Crippen LogP contribution < -0.4 is 11.1 Å². The molecule has 0 saturated carbocycles. The molecule has 0 heterocycles. The Kier molecular flexibility index (Phi) is 25.3. The van der Waals surface area contributed by atoms with Crippen molar-refractivity contribution in [1.29, 1.82) is 0 Å². The monoisotopic (exact) mass is 298 g/mol. The number of hydrogen-bond donors (Lipinski definition) is 5. The van der Waals surface area contributed by atoms with Crippen LogP contribution in [0.2, 0.25) is 0 Å². The van der Waals surface area contributed by atoms with Gasteiger partial charge in [-0.3, -0.25) is 19.2 Å². The van der Waals surface area contributed by atoms with E-state index in [0.717, 1.165) is 6.92 Å². The average Bonchev–Trinajstić information content (AvgIpc) is 2.15. The minimum absolute atomic E-state index is 0. The summed E-state index contributed by atoms with van der Waals surface area (Å²) in [4.78, 5) is 38.5. The molecule has 20 heavy (non-hydrogen) atoms. The van der Waals surface area contributed by atoms with E-state index in [0.29, 0.717) is 0 Å². The quantitative estimate of drug-likeness (QED) is 0.394. The van der Waals surface area contributed by atoms with Crippen molar-refractivity contribution < 1.29 is 40.0 Å². The molecule has 0 atom stereocenters. The Labute approximate surface area is 115 Å². The highest BCUT2D eigenvalue weighted by atomic mass is 16.4. The Morgan fingerprint density at radius 1 is 0.950 bits per heavy atom. The molecule has 0 aliphatic rings. The highest BCUT2D eigenvalue weighted by Crippen LogP contribution is 1.73. The van der Waals surface area contributed by atoms with Crippen LogP contribution in [0.5, 0.6) is 0 Å². The van der Waals surface area contributed by atoms with Gasteiger partial charge in [0.15, 0.2) is 0 Å². The Morgan fingerprint density at radius 3 is 1.45 bits per heavy atom. The van der Waals surface area contributed by atoms with E-state index in [1.54, 1.807) is 0 Å². The maximum atomic E-state index is 10.1. The molecule has 0 aromatic rings. The molecule has 8 N–H and O–H groups in total. The van der Waals surface area contributed by atoms with Crippen LogP contribution in [0.4, 0.5) is 0 Å². The first-order chi connectivity index (χ1) is 8.63. The van der Waals surface area contributed by atoms with Gasteiger partial charge in [-0.25, -0.2) is 0 Å². The molecule has 0 spiro atoms. The van der Waals surface area contributed by atoms with Crippen molar-refractivity contribution in [1.82, 2.24) is 5.32 Å². The molecule has 0 aliphatic heterocycles. The molecule has 0 saturated heterocycles. The molecule has 0 aromatic carbocycles. The van der Waals surface area contributed by atoms with E-state index in [1.807, 2.05) is 0 Å². The second-order valence-electron chi connectivity index (χ2n) is 3.08. The van der Waals surface area contributed by atoms with E-state index in [2.05, 4.69) is 5.32 Å². The van der Waals surface area contributed by atoms with Gasteiger partial charge in [-0.05, 0) is 0 Å². The zero-order valence-electron chi connectivity index (χ0n) is 11.4. The molecule has 0 rings (SSSR count). The van der Waals surface area contributed by atoms with Crippen molar-refractivity contribution in [3.8, 4) is 0 Å². The predicted octanol–water partition coefficient (Wildman–Crippen LogP) is -1.72. The van der Waals surface area contributed by atoms with Crippen LogP contribution in [0.15, 0.2) is 0 Å². The molecule has 0 aliphatic carbocycles. The molecule has 1 amide bonds. The number of carboxylic acids is 3. The predicted molar refractivity (Wildman–Crippen MR) is 69.2 cm³/mol. The molecule has 10 nitrogen and oxygen atoms in total. The standard InChI is InChI=1S/C5H9NO3.C3H7NO2.C2H4O2.H2O/c1-4(7)6-3-2-5(8)9;4-2-1-3(5)6;1-2(3)4;/h2-3H2,1H3,(H,6,7)(H,8,9);1-2,4H2,(H,5,6);1H3,(H,3,4);1H2. The number of rotatable bonds is 5. The van der Waals surface area contributed by atoms with Crippen molar-refractivity contribution in [2.24, 2.45) is 5.73 Å². The second kappa shape index (κ2) is 19.1. The van der Waals surface area contributed by atoms with E-state index in [9.17, 15) is 14.4 Å². The van der Waals surface area contributed by atoms with Gasteiger partial charge >= 0.3 is 11.9 Å². The number of carbonyl (C=O) groups excluding carboxylic acids is 1. The SMILES string of the molecule is CC(=O)NCCC(=O)O.CC(=O)O.NCCC(=O)O.O. The zero-order chi connectivity index (χ0) is 15.8. The maximum absolute atomic E-state index is 10.1. The van der Waals surface area contributed by atoms with Crippen LogP contribution in [0.1, 0.15) is 26.7 Å². The highest BCUT2D eigenvalue weighted by molar-refractivity contribution is 5.74. The summed E-state index contributed by atoms with van der Waals surface area (Å²) in [6.07, 6.45) is 0.0551. The van der Waals surface area contributed by atoms with Gasteiger partial charge in [-0.2, -0.15) is 0 Å². The smallest absolute Gasteiger partial charge is 0.305 e. The number of amides is 1. The second-order valence-corrected chi connectivity index (χ2v) is 3.08. The van der Waals surface area contributed by atoms with E-state index < -0.39 is 17.9 Å². The van der Waals surface area contributed by atoms with Crippen molar-refractivity contribution >= 4 is 23.8 Å². The summed E-state index contributed by atoms with van der Waals surface area (Å²) >= 11 is 0. The third kappa shape index (κ3) is 74.8. The van der Waals surface area contributed by atoms with Crippen LogP contribution in [0.3, 0.4) is 0 Å². The van der Waals surface area contributed by atoms with Gasteiger partial charge in [0.05, 0.1) is 12.8 Å².